The van der Waals surface area contributed by atoms with Crippen LogP contribution in [0.1, 0.15) is 44.2 Å². The Morgan fingerprint density at radius 3 is 2.88 bits per heavy atom. The van der Waals surface area contributed by atoms with Crippen LogP contribution >= 0.6 is 0 Å². The molecule has 4 rings (SSSR count). The Bertz CT molecular complexity index is 941. The highest BCUT2D eigenvalue weighted by atomic mass is 16.5. The van der Waals surface area contributed by atoms with Gasteiger partial charge in [-0.25, -0.2) is 4.79 Å². The highest BCUT2D eigenvalue weighted by molar-refractivity contribution is 5.99. The van der Waals surface area contributed by atoms with Crippen LogP contribution in [0, 0.1) is 0 Å². The van der Waals surface area contributed by atoms with E-state index in [1.54, 1.807) is 35.3 Å². The first-order valence-electron chi connectivity index (χ1n) is 8.57. The van der Waals surface area contributed by atoms with E-state index in [1.807, 2.05) is 18.2 Å². The number of ether oxygens (including phenoxy) is 1. The van der Waals surface area contributed by atoms with Crippen molar-refractivity contribution in [3.8, 4) is 0 Å². The van der Waals surface area contributed by atoms with E-state index in [0.717, 1.165) is 19.3 Å². The Morgan fingerprint density at radius 1 is 1.15 bits per heavy atom. The van der Waals surface area contributed by atoms with Gasteiger partial charge in [0.2, 0.25) is 5.76 Å². The number of hydrogen-bond donors (Lipinski definition) is 0. The van der Waals surface area contributed by atoms with Gasteiger partial charge in [-0.2, -0.15) is 5.10 Å². The Hall–Kier alpha value is -3.15. The fourth-order valence-electron chi connectivity index (χ4n) is 3.16. The van der Waals surface area contributed by atoms with Crippen molar-refractivity contribution in [1.82, 2.24) is 9.78 Å². The lowest BCUT2D eigenvalue weighted by atomic mass is 10.0. The molecular formula is C20H18N2O4. The number of Topliss-reactive ketones (excluding diaryl/α,β-unsaturated/α-hetero) is 1. The second-order valence-electron chi connectivity index (χ2n) is 6.31. The Morgan fingerprint density at radius 2 is 2.04 bits per heavy atom. The Balaban J connectivity index is 1.35. The molecule has 0 saturated carbocycles. The highest BCUT2D eigenvalue weighted by Gasteiger charge is 2.17. The number of carbonyl (C=O) groups is 2. The molecule has 0 saturated heterocycles. The Kier molecular flexibility index (Phi) is 4.39. The second kappa shape index (κ2) is 7.00. The summed E-state index contributed by atoms with van der Waals surface area (Å²) in [6, 6.07) is 10.7. The van der Waals surface area contributed by atoms with Gasteiger partial charge in [0.25, 0.3) is 0 Å². The number of nitrogens with zero attached hydrogens (tertiary/aromatic N) is 2. The van der Waals surface area contributed by atoms with E-state index in [-0.39, 0.29) is 18.2 Å². The third-order valence-corrected chi connectivity index (χ3v) is 4.49. The molecule has 0 bridgehead atoms. The van der Waals surface area contributed by atoms with Crippen molar-refractivity contribution in [2.24, 2.45) is 0 Å². The van der Waals surface area contributed by atoms with Gasteiger partial charge >= 0.3 is 5.97 Å². The molecule has 132 valence electrons. The van der Waals surface area contributed by atoms with E-state index in [4.69, 9.17) is 9.15 Å². The van der Waals surface area contributed by atoms with Crippen molar-refractivity contribution in [2.45, 2.75) is 25.8 Å². The average Bonchev–Trinajstić information content (AvgIpc) is 3.40. The van der Waals surface area contributed by atoms with Gasteiger partial charge in [0.1, 0.15) is 5.76 Å². The zero-order chi connectivity index (χ0) is 17.9. The van der Waals surface area contributed by atoms with Crippen LogP contribution in [0.4, 0.5) is 0 Å². The maximum atomic E-state index is 12.3. The van der Waals surface area contributed by atoms with Crippen LogP contribution in [0.3, 0.4) is 0 Å². The number of ketones is 1. The first-order valence-corrected chi connectivity index (χ1v) is 8.57. The van der Waals surface area contributed by atoms with Gasteiger partial charge in [-0.05, 0) is 54.7 Å². The highest BCUT2D eigenvalue weighted by Crippen LogP contribution is 2.23. The predicted octanol–water partition coefficient (Wildman–Crippen LogP) is 3.05. The number of carbonyl (C=O) groups excluding carboxylic acids is 2. The molecule has 0 aliphatic heterocycles. The van der Waals surface area contributed by atoms with Gasteiger partial charge in [0.15, 0.2) is 12.4 Å². The molecule has 0 amide bonds. The lowest BCUT2D eigenvalue weighted by molar-refractivity contribution is 0.0442. The molecule has 1 aromatic carbocycles. The summed E-state index contributed by atoms with van der Waals surface area (Å²) in [5, 5.41) is 4.08. The lowest BCUT2D eigenvalue weighted by Gasteiger charge is -2.05. The largest absolute Gasteiger partial charge is 0.452 e. The molecule has 0 fully saturated rings. The van der Waals surface area contributed by atoms with Gasteiger partial charge in [0.05, 0.1) is 6.54 Å². The van der Waals surface area contributed by atoms with Gasteiger partial charge in [-0.1, -0.05) is 12.1 Å². The molecule has 1 aliphatic carbocycles. The molecule has 1 aliphatic rings. The maximum absolute atomic E-state index is 12.3. The number of rotatable bonds is 6. The van der Waals surface area contributed by atoms with Crippen LogP contribution in [0.25, 0.3) is 0 Å². The van der Waals surface area contributed by atoms with E-state index in [1.165, 1.54) is 11.1 Å². The zero-order valence-corrected chi connectivity index (χ0v) is 14.2. The fraction of sp³-hybridized carbons (Fsp3) is 0.250. The van der Waals surface area contributed by atoms with Crippen molar-refractivity contribution in [2.75, 3.05) is 6.61 Å². The normalized spacial score (nSPS) is 12.8. The minimum atomic E-state index is -0.647. The van der Waals surface area contributed by atoms with E-state index in [2.05, 4.69) is 5.10 Å². The minimum absolute atomic E-state index is 0.0777. The number of aryl methyl sites for hydroxylation is 2. The van der Waals surface area contributed by atoms with E-state index in [9.17, 15) is 9.59 Å². The quantitative estimate of drug-likeness (QED) is 0.504. The first kappa shape index (κ1) is 16.3. The standard InChI is InChI=1S/C20H18N2O4/c23-18(16-6-5-14-3-1-4-15(14)11-16)13-25-20(24)19-8-7-17(26-19)12-22-10-2-9-21-22/h2,5-11H,1,3-4,12-13H2. The SMILES string of the molecule is O=C(COC(=O)c1ccc(Cn2cccn2)o1)c1ccc2c(c1)CCC2. The number of esters is 1. The predicted molar refractivity (Wildman–Crippen MR) is 93.1 cm³/mol. The summed E-state index contributed by atoms with van der Waals surface area (Å²) in [5.41, 5.74) is 3.10. The van der Waals surface area contributed by atoms with Crippen LogP contribution in [0.15, 0.2) is 53.2 Å². The van der Waals surface area contributed by atoms with Crippen molar-refractivity contribution in [3.63, 3.8) is 0 Å². The van der Waals surface area contributed by atoms with Crippen molar-refractivity contribution >= 4 is 11.8 Å². The molecule has 0 atom stereocenters. The number of furan rings is 1. The number of fused-ring (bicyclic) bond motifs is 1. The summed E-state index contributed by atoms with van der Waals surface area (Å²) >= 11 is 0. The van der Waals surface area contributed by atoms with Crippen molar-refractivity contribution < 1.29 is 18.7 Å². The van der Waals surface area contributed by atoms with Crippen LogP contribution in [-0.4, -0.2) is 28.1 Å². The molecule has 6 heteroatoms. The topological polar surface area (TPSA) is 74.3 Å². The molecule has 0 unspecified atom stereocenters. The number of aromatic nitrogens is 2. The maximum Gasteiger partial charge on any atom is 0.374 e. The third-order valence-electron chi connectivity index (χ3n) is 4.49. The van der Waals surface area contributed by atoms with E-state index >= 15 is 0 Å². The minimum Gasteiger partial charge on any atom is -0.452 e. The van der Waals surface area contributed by atoms with Gasteiger partial charge in [0, 0.05) is 18.0 Å². The second-order valence-corrected chi connectivity index (χ2v) is 6.31. The first-order chi connectivity index (χ1) is 12.7. The summed E-state index contributed by atoms with van der Waals surface area (Å²) < 4.78 is 12.3. The fourth-order valence-corrected chi connectivity index (χ4v) is 3.16. The molecular weight excluding hydrogens is 332 g/mol. The average molecular weight is 350 g/mol. The van der Waals surface area contributed by atoms with Crippen molar-refractivity contribution in [1.29, 1.82) is 0 Å². The van der Waals surface area contributed by atoms with Gasteiger partial charge in [-0.15, -0.1) is 0 Å². The smallest absolute Gasteiger partial charge is 0.374 e. The summed E-state index contributed by atoms with van der Waals surface area (Å²) in [4.78, 5) is 24.4. The monoisotopic (exact) mass is 350 g/mol. The lowest BCUT2D eigenvalue weighted by Crippen LogP contribution is -2.14. The van der Waals surface area contributed by atoms with Crippen LogP contribution in [0.2, 0.25) is 0 Å². The molecule has 2 heterocycles. The van der Waals surface area contributed by atoms with Gasteiger partial charge in [-0.3, -0.25) is 9.48 Å². The van der Waals surface area contributed by atoms with Crippen LogP contribution in [-0.2, 0) is 24.1 Å². The van der Waals surface area contributed by atoms with E-state index < -0.39 is 5.97 Å². The zero-order valence-electron chi connectivity index (χ0n) is 14.2. The summed E-state index contributed by atoms with van der Waals surface area (Å²) in [5.74, 6) is -0.192. The van der Waals surface area contributed by atoms with Crippen LogP contribution < -0.4 is 0 Å². The molecule has 3 aromatic rings. The third kappa shape index (κ3) is 3.44. The molecule has 0 radical (unpaired) electrons. The Labute approximate surface area is 150 Å². The molecule has 26 heavy (non-hydrogen) atoms. The van der Waals surface area contributed by atoms with Crippen molar-refractivity contribution in [3.05, 3.63) is 77.0 Å². The summed E-state index contributed by atoms with van der Waals surface area (Å²) in [7, 11) is 0. The van der Waals surface area contributed by atoms with Gasteiger partial charge < -0.3 is 9.15 Å². The molecule has 2 aromatic heterocycles. The molecule has 0 N–H and O–H groups in total. The molecule has 0 spiro atoms. The van der Waals surface area contributed by atoms with E-state index in [0.29, 0.717) is 17.9 Å². The number of hydrogen-bond acceptors (Lipinski definition) is 5. The summed E-state index contributed by atoms with van der Waals surface area (Å²) in [6.45, 7) is 0.126. The van der Waals surface area contributed by atoms with Crippen LogP contribution in [0.5, 0.6) is 0 Å². The summed E-state index contributed by atoms with van der Waals surface area (Å²) in [6.07, 6.45) is 6.67. The number of benzene rings is 1. The molecule has 6 nitrogen and oxygen atoms in total.